The number of rotatable bonds is 3. The van der Waals surface area contributed by atoms with Crippen molar-refractivity contribution in [3.05, 3.63) is 12.2 Å². The van der Waals surface area contributed by atoms with E-state index in [4.69, 9.17) is 0 Å². The maximum absolute atomic E-state index is 12.4. The number of likely N-dealkylation sites (tertiary alicyclic amines) is 1. The first-order valence-electron chi connectivity index (χ1n) is 7.50. The van der Waals surface area contributed by atoms with Gasteiger partial charge in [0, 0.05) is 6.54 Å². The van der Waals surface area contributed by atoms with Gasteiger partial charge in [0.2, 0.25) is 11.8 Å². The third kappa shape index (κ3) is 1.62. The van der Waals surface area contributed by atoms with Gasteiger partial charge in [0.15, 0.2) is 0 Å². The highest BCUT2D eigenvalue weighted by Gasteiger charge is 2.58. The first kappa shape index (κ1) is 11.6. The summed E-state index contributed by atoms with van der Waals surface area (Å²) < 4.78 is 0. The second-order valence-corrected chi connectivity index (χ2v) is 6.48. The van der Waals surface area contributed by atoms with E-state index in [0.717, 1.165) is 25.9 Å². The Hall–Kier alpha value is -1.16. The van der Waals surface area contributed by atoms with Crippen LogP contribution in [0.2, 0.25) is 0 Å². The Morgan fingerprint density at radius 1 is 1.16 bits per heavy atom. The number of nitrogens with one attached hydrogen (secondary N) is 1. The van der Waals surface area contributed by atoms with E-state index in [1.807, 2.05) is 0 Å². The molecule has 2 aliphatic heterocycles. The van der Waals surface area contributed by atoms with Gasteiger partial charge in [0.25, 0.3) is 0 Å². The summed E-state index contributed by atoms with van der Waals surface area (Å²) in [5.74, 6) is 1.48. The van der Waals surface area contributed by atoms with Crippen LogP contribution in [0.3, 0.4) is 0 Å². The highest BCUT2D eigenvalue weighted by Crippen LogP contribution is 2.52. The van der Waals surface area contributed by atoms with Crippen molar-refractivity contribution < 1.29 is 9.59 Å². The first-order valence-corrected chi connectivity index (χ1v) is 7.50. The lowest BCUT2D eigenvalue weighted by Crippen LogP contribution is -2.34. The second-order valence-electron chi connectivity index (χ2n) is 6.48. The fraction of sp³-hybridized carbons (Fsp3) is 0.733. The Morgan fingerprint density at radius 2 is 1.84 bits per heavy atom. The molecule has 0 aromatic carbocycles. The fourth-order valence-electron chi connectivity index (χ4n) is 4.46. The largest absolute Gasteiger partial charge is 0.316 e. The molecule has 4 aliphatic rings. The SMILES string of the molecule is O=C1C2C3C=CC(C3)C2C(=O)N1CCC1CCNC1. The van der Waals surface area contributed by atoms with Gasteiger partial charge in [-0.25, -0.2) is 0 Å². The van der Waals surface area contributed by atoms with E-state index >= 15 is 0 Å². The third-order valence-electron chi connectivity index (χ3n) is 5.48. The summed E-state index contributed by atoms with van der Waals surface area (Å²) in [6.45, 7) is 2.75. The number of nitrogens with zero attached hydrogens (tertiary/aromatic N) is 1. The number of amides is 2. The van der Waals surface area contributed by atoms with Crippen molar-refractivity contribution in [1.29, 1.82) is 0 Å². The predicted molar refractivity (Wildman–Crippen MR) is 70.0 cm³/mol. The number of hydrogen-bond acceptors (Lipinski definition) is 3. The zero-order valence-electron chi connectivity index (χ0n) is 11.0. The molecule has 5 atom stereocenters. The maximum atomic E-state index is 12.4. The van der Waals surface area contributed by atoms with Crippen molar-refractivity contribution in [3.63, 3.8) is 0 Å². The van der Waals surface area contributed by atoms with Gasteiger partial charge >= 0.3 is 0 Å². The minimum atomic E-state index is -0.0239. The van der Waals surface area contributed by atoms with Crippen molar-refractivity contribution in [2.24, 2.45) is 29.6 Å². The van der Waals surface area contributed by atoms with Crippen molar-refractivity contribution in [2.75, 3.05) is 19.6 Å². The molecule has 4 heteroatoms. The van der Waals surface area contributed by atoms with Crippen LogP contribution in [0.5, 0.6) is 0 Å². The van der Waals surface area contributed by atoms with E-state index in [2.05, 4.69) is 17.5 Å². The zero-order chi connectivity index (χ0) is 13.0. The zero-order valence-corrected chi connectivity index (χ0v) is 11.0. The van der Waals surface area contributed by atoms with Crippen molar-refractivity contribution in [1.82, 2.24) is 10.2 Å². The van der Waals surface area contributed by atoms with E-state index in [9.17, 15) is 9.59 Å². The molecule has 102 valence electrons. The van der Waals surface area contributed by atoms with Crippen LogP contribution in [0.25, 0.3) is 0 Å². The van der Waals surface area contributed by atoms with E-state index in [1.54, 1.807) is 4.90 Å². The predicted octanol–water partition coefficient (Wildman–Crippen LogP) is 0.793. The van der Waals surface area contributed by atoms with Crippen molar-refractivity contribution in [3.8, 4) is 0 Å². The van der Waals surface area contributed by atoms with E-state index in [-0.39, 0.29) is 23.7 Å². The molecule has 0 radical (unpaired) electrons. The van der Waals surface area contributed by atoms with Gasteiger partial charge in [0.05, 0.1) is 11.8 Å². The quantitative estimate of drug-likeness (QED) is 0.603. The fourth-order valence-corrected chi connectivity index (χ4v) is 4.46. The van der Waals surface area contributed by atoms with Crippen LogP contribution in [0.1, 0.15) is 19.3 Å². The van der Waals surface area contributed by atoms with E-state index < -0.39 is 0 Å². The maximum Gasteiger partial charge on any atom is 0.233 e. The molecule has 5 unspecified atom stereocenters. The molecule has 4 rings (SSSR count). The molecule has 0 spiro atoms. The molecule has 19 heavy (non-hydrogen) atoms. The second kappa shape index (κ2) is 4.17. The van der Waals surface area contributed by atoms with Gasteiger partial charge in [-0.3, -0.25) is 14.5 Å². The average molecular weight is 260 g/mol. The van der Waals surface area contributed by atoms with Crippen LogP contribution in [0.15, 0.2) is 12.2 Å². The smallest absolute Gasteiger partial charge is 0.233 e. The Labute approximate surface area is 113 Å². The van der Waals surface area contributed by atoms with Gasteiger partial charge in [-0.15, -0.1) is 0 Å². The summed E-state index contributed by atoms with van der Waals surface area (Å²) in [7, 11) is 0. The molecule has 3 fully saturated rings. The molecule has 2 aliphatic carbocycles. The van der Waals surface area contributed by atoms with Crippen LogP contribution in [-0.2, 0) is 9.59 Å². The number of imide groups is 1. The summed E-state index contributed by atoms with van der Waals surface area (Å²) in [5.41, 5.74) is 0. The normalized spacial score (nSPS) is 43.6. The molecular formula is C15H20N2O2. The van der Waals surface area contributed by atoms with Crippen LogP contribution < -0.4 is 5.32 Å². The van der Waals surface area contributed by atoms with Gasteiger partial charge in [-0.05, 0) is 50.1 Å². The molecule has 2 saturated heterocycles. The van der Waals surface area contributed by atoms with Crippen LogP contribution in [0, 0.1) is 29.6 Å². The Morgan fingerprint density at radius 3 is 2.42 bits per heavy atom. The van der Waals surface area contributed by atoms with E-state index in [0.29, 0.717) is 24.3 Å². The van der Waals surface area contributed by atoms with E-state index in [1.165, 1.54) is 6.42 Å². The monoisotopic (exact) mass is 260 g/mol. The van der Waals surface area contributed by atoms with Crippen molar-refractivity contribution >= 4 is 11.8 Å². The highest BCUT2D eigenvalue weighted by atomic mass is 16.2. The Bertz CT molecular complexity index is 423. The van der Waals surface area contributed by atoms with Crippen LogP contribution in [0.4, 0.5) is 0 Å². The van der Waals surface area contributed by atoms with Crippen molar-refractivity contribution in [2.45, 2.75) is 19.3 Å². The summed E-state index contributed by atoms with van der Waals surface area (Å²) in [6.07, 6.45) is 7.47. The molecular weight excluding hydrogens is 240 g/mol. The molecule has 2 bridgehead atoms. The van der Waals surface area contributed by atoms with Gasteiger partial charge in [-0.2, -0.15) is 0 Å². The number of carbonyl (C=O) groups excluding carboxylic acids is 2. The number of hydrogen-bond donors (Lipinski definition) is 1. The minimum Gasteiger partial charge on any atom is -0.316 e. The number of fused-ring (bicyclic) bond motifs is 5. The molecule has 2 heterocycles. The number of allylic oxidation sites excluding steroid dienone is 2. The lowest BCUT2D eigenvalue weighted by molar-refractivity contribution is -0.140. The molecule has 4 nitrogen and oxygen atoms in total. The number of carbonyl (C=O) groups is 2. The van der Waals surface area contributed by atoms with Crippen LogP contribution >= 0.6 is 0 Å². The molecule has 2 amide bonds. The molecule has 1 N–H and O–H groups in total. The Kier molecular flexibility index (Phi) is 2.56. The lowest BCUT2D eigenvalue weighted by Gasteiger charge is -2.18. The molecule has 0 aromatic rings. The minimum absolute atomic E-state index is 0.0239. The summed E-state index contributed by atoms with van der Waals surface area (Å²) in [6, 6.07) is 0. The van der Waals surface area contributed by atoms with Gasteiger partial charge < -0.3 is 5.32 Å². The lowest BCUT2D eigenvalue weighted by atomic mass is 9.85. The summed E-state index contributed by atoms with van der Waals surface area (Å²) >= 11 is 0. The van der Waals surface area contributed by atoms with Gasteiger partial charge in [-0.1, -0.05) is 12.2 Å². The topological polar surface area (TPSA) is 49.4 Å². The van der Waals surface area contributed by atoms with Gasteiger partial charge in [0.1, 0.15) is 0 Å². The molecule has 1 saturated carbocycles. The standard InChI is InChI=1S/C15H20N2O2/c18-14-12-10-1-2-11(7-10)13(12)15(19)17(14)6-4-9-3-5-16-8-9/h1-2,9-13,16H,3-8H2. The third-order valence-corrected chi connectivity index (χ3v) is 5.48. The van der Waals surface area contributed by atoms with Crippen LogP contribution in [-0.4, -0.2) is 36.3 Å². The summed E-state index contributed by atoms with van der Waals surface area (Å²) in [5, 5.41) is 3.34. The molecule has 0 aromatic heterocycles. The summed E-state index contributed by atoms with van der Waals surface area (Å²) in [4.78, 5) is 26.5. The first-order chi connectivity index (χ1) is 9.25. The highest BCUT2D eigenvalue weighted by molar-refractivity contribution is 6.06. The Balaban J connectivity index is 1.46. The average Bonchev–Trinajstić information content (AvgIpc) is 3.14.